The van der Waals surface area contributed by atoms with E-state index in [1.165, 1.54) is 12.1 Å². The number of hydrogen-bond acceptors (Lipinski definition) is 3. The maximum absolute atomic E-state index is 13.8. The lowest BCUT2D eigenvalue weighted by Gasteiger charge is -2.26. The van der Waals surface area contributed by atoms with E-state index in [4.69, 9.17) is 4.74 Å². The van der Waals surface area contributed by atoms with Crippen molar-refractivity contribution in [1.29, 1.82) is 0 Å². The number of carbonyl (C=O) groups is 2. The quantitative estimate of drug-likeness (QED) is 0.425. The number of carboxylic acids is 1. The van der Waals surface area contributed by atoms with Gasteiger partial charge in [0.2, 0.25) is 0 Å². The summed E-state index contributed by atoms with van der Waals surface area (Å²) in [7, 11) is 0. The highest BCUT2D eigenvalue weighted by Crippen LogP contribution is 2.38. The third-order valence-electron chi connectivity index (χ3n) is 5.39. The predicted molar refractivity (Wildman–Crippen MR) is 121 cm³/mol. The van der Waals surface area contributed by atoms with E-state index in [2.05, 4.69) is 0 Å². The number of amides is 1. The van der Waals surface area contributed by atoms with Crippen LogP contribution >= 0.6 is 0 Å². The first-order valence-electron chi connectivity index (χ1n) is 10.7. The average Bonchev–Trinajstić information content (AvgIpc) is 2.83. The summed E-state index contributed by atoms with van der Waals surface area (Å²) in [5.74, 6) is -3.07. The van der Waals surface area contributed by atoms with Gasteiger partial charge in [0.25, 0.3) is 0 Å². The van der Waals surface area contributed by atoms with Gasteiger partial charge in [0.05, 0.1) is 11.5 Å². The Labute approximate surface area is 195 Å². The van der Waals surface area contributed by atoms with Gasteiger partial charge in [-0.3, -0.25) is 4.79 Å². The van der Waals surface area contributed by atoms with Gasteiger partial charge in [0, 0.05) is 13.1 Å². The van der Waals surface area contributed by atoms with E-state index >= 15 is 0 Å². The lowest BCUT2D eigenvalue weighted by molar-refractivity contribution is -0.141. The fraction of sp³-hybridized carbons (Fsp3) is 0.231. The first-order valence-corrected chi connectivity index (χ1v) is 10.7. The van der Waals surface area contributed by atoms with Crippen molar-refractivity contribution in [1.82, 2.24) is 4.90 Å². The molecule has 0 bridgehead atoms. The average molecular weight is 471 g/mol. The lowest BCUT2D eigenvalue weighted by atomic mass is 9.90. The molecule has 1 unspecified atom stereocenters. The molecular formula is C26H24F3NO4. The summed E-state index contributed by atoms with van der Waals surface area (Å²) in [5, 5.41) is 9.87. The highest BCUT2D eigenvalue weighted by Gasteiger charge is 2.38. The van der Waals surface area contributed by atoms with Gasteiger partial charge in [-0.1, -0.05) is 66.7 Å². The topological polar surface area (TPSA) is 66.8 Å². The third-order valence-corrected chi connectivity index (χ3v) is 5.39. The van der Waals surface area contributed by atoms with Gasteiger partial charge in [-0.25, -0.2) is 4.79 Å². The predicted octanol–water partition coefficient (Wildman–Crippen LogP) is 6.20. The number of benzene rings is 3. The fourth-order valence-corrected chi connectivity index (χ4v) is 3.59. The van der Waals surface area contributed by atoms with Crippen LogP contribution in [0.25, 0.3) is 11.1 Å². The molecule has 1 N–H and O–H groups in total. The molecule has 0 fully saturated rings. The van der Waals surface area contributed by atoms with E-state index in [0.29, 0.717) is 11.1 Å². The van der Waals surface area contributed by atoms with Crippen LogP contribution in [0.4, 0.5) is 18.0 Å². The molecule has 0 aliphatic rings. The Hall–Kier alpha value is -3.81. The van der Waals surface area contributed by atoms with Gasteiger partial charge in [-0.2, -0.15) is 13.2 Å². The first-order chi connectivity index (χ1) is 16.2. The number of carbonyl (C=O) groups excluding carboxylic acids is 1. The minimum Gasteiger partial charge on any atom is -0.481 e. The highest BCUT2D eigenvalue weighted by atomic mass is 19.4. The minimum atomic E-state index is -4.76. The number of nitrogens with zero attached hydrogens (tertiary/aromatic N) is 1. The molecule has 0 heterocycles. The standard InChI is InChI=1S/C26H24F3NO4/c1-2-30(25(33)34-17-18-9-5-3-6-10-18)16-22(24(31)32)21-15-20(19-11-7-4-8-12-19)13-14-23(21)26(27,28)29/h3-15,22H,2,16-17H2,1H3,(H,31,32). The molecule has 34 heavy (non-hydrogen) atoms. The molecule has 3 aromatic rings. The number of likely N-dealkylation sites (N-methyl/N-ethyl adjacent to an activating group) is 1. The zero-order chi connectivity index (χ0) is 24.7. The van der Waals surface area contributed by atoms with Gasteiger partial charge in [0.15, 0.2) is 0 Å². The Morgan fingerprint density at radius 1 is 0.941 bits per heavy atom. The van der Waals surface area contributed by atoms with Crippen LogP contribution in [0.5, 0.6) is 0 Å². The van der Waals surface area contributed by atoms with Crippen LogP contribution in [-0.2, 0) is 22.3 Å². The summed E-state index contributed by atoms with van der Waals surface area (Å²) >= 11 is 0. The van der Waals surface area contributed by atoms with Gasteiger partial charge >= 0.3 is 18.2 Å². The normalized spacial score (nSPS) is 12.1. The van der Waals surface area contributed by atoms with E-state index in [1.807, 2.05) is 6.07 Å². The SMILES string of the molecule is CCN(CC(C(=O)O)c1cc(-c2ccccc2)ccc1C(F)(F)F)C(=O)OCc1ccccc1. The molecule has 0 aliphatic carbocycles. The molecular weight excluding hydrogens is 447 g/mol. The van der Waals surface area contributed by atoms with Crippen molar-refractivity contribution in [3.05, 3.63) is 95.6 Å². The summed E-state index contributed by atoms with van der Waals surface area (Å²) in [6.45, 7) is 1.16. The lowest BCUT2D eigenvalue weighted by Crippen LogP contribution is -2.37. The van der Waals surface area contributed by atoms with E-state index in [1.54, 1.807) is 61.5 Å². The molecule has 3 rings (SSSR count). The summed E-state index contributed by atoms with van der Waals surface area (Å²) in [6.07, 6.45) is -5.56. The van der Waals surface area contributed by atoms with Gasteiger partial charge < -0.3 is 14.7 Å². The van der Waals surface area contributed by atoms with Crippen LogP contribution < -0.4 is 0 Å². The van der Waals surface area contributed by atoms with Crippen LogP contribution in [0.1, 0.15) is 29.5 Å². The molecule has 0 saturated carbocycles. The second-order valence-corrected chi connectivity index (χ2v) is 7.64. The molecule has 0 saturated heterocycles. The Balaban J connectivity index is 1.91. The molecule has 8 heteroatoms. The largest absolute Gasteiger partial charge is 0.481 e. The summed E-state index contributed by atoms with van der Waals surface area (Å²) in [5.41, 5.74) is 0.376. The van der Waals surface area contributed by atoms with Gasteiger partial charge in [0.1, 0.15) is 6.61 Å². The molecule has 1 atom stereocenters. The summed E-state index contributed by atoms with van der Waals surface area (Å²) in [6, 6.07) is 21.0. The van der Waals surface area contributed by atoms with Crippen molar-refractivity contribution in [3.63, 3.8) is 0 Å². The first kappa shape index (κ1) is 24.8. The third kappa shape index (κ3) is 6.15. The van der Waals surface area contributed by atoms with Crippen molar-refractivity contribution in [2.24, 2.45) is 0 Å². The smallest absolute Gasteiger partial charge is 0.416 e. The zero-order valence-corrected chi connectivity index (χ0v) is 18.5. The van der Waals surface area contributed by atoms with Crippen molar-refractivity contribution < 1.29 is 32.6 Å². The van der Waals surface area contributed by atoms with Gasteiger partial charge in [-0.15, -0.1) is 0 Å². The Bertz CT molecular complexity index is 1120. The van der Waals surface area contributed by atoms with E-state index in [-0.39, 0.29) is 13.2 Å². The van der Waals surface area contributed by atoms with Crippen LogP contribution in [0, 0.1) is 0 Å². The number of rotatable bonds is 8. The molecule has 0 aliphatic heterocycles. The van der Waals surface area contributed by atoms with Gasteiger partial charge in [-0.05, 0) is 41.3 Å². The second kappa shape index (κ2) is 10.9. The Kier molecular flexibility index (Phi) is 7.94. The van der Waals surface area contributed by atoms with Crippen molar-refractivity contribution in [2.45, 2.75) is 25.6 Å². The molecule has 0 radical (unpaired) electrons. The molecule has 0 aromatic heterocycles. The number of hydrogen-bond donors (Lipinski definition) is 1. The maximum Gasteiger partial charge on any atom is 0.416 e. The number of carboxylic acid groups (broad SMARTS) is 1. The molecule has 178 valence electrons. The van der Waals surface area contributed by atoms with Crippen molar-refractivity contribution >= 4 is 12.1 Å². The molecule has 1 amide bonds. The molecule has 0 spiro atoms. The number of alkyl halides is 3. The summed E-state index contributed by atoms with van der Waals surface area (Å²) < 4.78 is 46.6. The van der Waals surface area contributed by atoms with Crippen LogP contribution in [0.2, 0.25) is 0 Å². The van der Waals surface area contributed by atoms with Crippen LogP contribution in [0.15, 0.2) is 78.9 Å². The maximum atomic E-state index is 13.8. The summed E-state index contributed by atoms with van der Waals surface area (Å²) in [4.78, 5) is 25.8. The Morgan fingerprint density at radius 2 is 1.56 bits per heavy atom. The number of ether oxygens (including phenoxy) is 1. The number of halogens is 3. The molecule has 5 nitrogen and oxygen atoms in total. The van der Waals surface area contributed by atoms with E-state index < -0.39 is 41.8 Å². The van der Waals surface area contributed by atoms with Crippen molar-refractivity contribution in [3.8, 4) is 11.1 Å². The zero-order valence-electron chi connectivity index (χ0n) is 18.5. The van der Waals surface area contributed by atoms with E-state index in [0.717, 1.165) is 16.5 Å². The molecule has 3 aromatic carbocycles. The monoisotopic (exact) mass is 471 g/mol. The highest BCUT2D eigenvalue weighted by molar-refractivity contribution is 5.80. The van der Waals surface area contributed by atoms with Crippen molar-refractivity contribution in [2.75, 3.05) is 13.1 Å². The number of aliphatic carboxylic acids is 1. The minimum absolute atomic E-state index is 0.0365. The van der Waals surface area contributed by atoms with Crippen LogP contribution in [-0.4, -0.2) is 35.2 Å². The second-order valence-electron chi connectivity index (χ2n) is 7.64. The van der Waals surface area contributed by atoms with Crippen LogP contribution in [0.3, 0.4) is 0 Å². The Morgan fingerprint density at radius 3 is 2.12 bits per heavy atom. The fourth-order valence-electron chi connectivity index (χ4n) is 3.59. The van der Waals surface area contributed by atoms with E-state index in [9.17, 15) is 27.9 Å².